The molecule has 4 heteroatoms. The van der Waals surface area contributed by atoms with Crippen molar-refractivity contribution in [1.29, 1.82) is 5.26 Å². The molecule has 1 aromatic carbocycles. The summed E-state index contributed by atoms with van der Waals surface area (Å²) in [4.78, 5) is 23.7. The number of benzene rings is 1. The van der Waals surface area contributed by atoms with Crippen LogP contribution in [0.2, 0.25) is 0 Å². The Morgan fingerprint density at radius 1 is 1.25 bits per heavy atom. The highest BCUT2D eigenvalue weighted by molar-refractivity contribution is 5.96. The molecule has 0 N–H and O–H groups in total. The van der Waals surface area contributed by atoms with E-state index in [1.54, 1.807) is 45.0 Å². The van der Waals surface area contributed by atoms with Gasteiger partial charge in [-0.2, -0.15) is 5.26 Å². The van der Waals surface area contributed by atoms with Gasteiger partial charge in [0.1, 0.15) is 11.5 Å². The van der Waals surface area contributed by atoms with Crippen molar-refractivity contribution in [2.75, 3.05) is 0 Å². The molecule has 4 nitrogen and oxygen atoms in total. The number of nitriles is 1. The van der Waals surface area contributed by atoms with Gasteiger partial charge in [-0.05, 0) is 27.2 Å². The van der Waals surface area contributed by atoms with Crippen LogP contribution in [0.3, 0.4) is 0 Å². The summed E-state index contributed by atoms with van der Waals surface area (Å²) >= 11 is 0. The first-order valence-corrected chi connectivity index (χ1v) is 6.54. The van der Waals surface area contributed by atoms with E-state index in [1.807, 2.05) is 12.1 Å². The van der Waals surface area contributed by atoms with Crippen LogP contribution in [0.1, 0.15) is 44.0 Å². The minimum absolute atomic E-state index is 0.0746. The molecule has 0 fully saturated rings. The molecule has 0 amide bonds. The Hall–Kier alpha value is -2.15. The topological polar surface area (TPSA) is 67.2 Å². The van der Waals surface area contributed by atoms with E-state index < -0.39 is 17.5 Å². The molecule has 0 saturated carbocycles. The highest BCUT2D eigenvalue weighted by atomic mass is 16.6. The van der Waals surface area contributed by atoms with Gasteiger partial charge in [-0.25, -0.2) is 0 Å². The molecule has 0 radical (unpaired) electrons. The lowest BCUT2D eigenvalue weighted by atomic mass is 9.99. The Bertz CT molecular complexity index is 509. The summed E-state index contributed by atoms with van der Waals surface area (Å²) in [6.45, 7) is 5.23. The van der Waals surface area contributed by atoms with Gasteiger partial charge < -0.3 is 4.74 Å². The summed E-state index contributed by atoms with van der Waals surface area (Å²) in [5.41, 5.74) is -0.0383. The van der Waals surface area contributed by atoms with Gasteiger partial charge in [0, 0.05) is 12.0 Å². The van der Waals surface area contributed by atoms with Crippen LogP contribution in [-0.4, -0.2) is 17.4 Å². The molecule has 106 valence electrons. The summed E-state index contributed by atoms with van der Waals surface area (Å²) in [6.07, 6.45) is 0.334. The number of hydrogen-bond donors (Lipinski definition) is 0. The fourth-order valence-corrected chi connectivity index (χ4v) is 1.65. The molecule has 0 aliphatic heterocycles. The minimum atomic E-state index is -0.901. The molecule has 0 heterocycles. The summed E-state index contributed by atoms with van der Waals surface area (Å²) < 4.78 is 5.16. The van der Waals surface area contributed by atoms with Gasteiger partial charge in [-0.3, -0.25) is 9.59 Å². The molecular weight excluding hydrogens is 254 g/mol. The van der Waals surface area contributed by atoms with Crippen LogP contribution < -0.4 is 0 Å². The maximum absolute atomic E-state index is 11.9. The van der Waals surface area contributed by atoms with Gasteiger partial charge in [-0.1, -0.05) is 30.3 Å². The van der Waals surface area contributed by atoms with E-state index in [0.717, 1.165) is 0 Å². The van der Waals surface area contributed by atoms with E-state index in [0.29, 0.717) is 5.56 Å². The second-order valence-corrected chi connectivity index (χ2v) is 5.54. The predicted molar refractivity (Wildman–Crippen MR) is 75.0 cm³/mol. The van der Waals surface area contributed by atoms with Crippen LogP contribution in [0, 0.1) is 17.2 Å². The van der Waals surface area contributed by atoms with E-state index in [9.17, 15) is 9.59 Å². The third-order valence-electron chi connectivity index (χ3n) is 2.60. The van der Waals surface area contributed by atoms with Crippen molar-refractivity contribution in [3.8, 4) is 6.07 Å². The van der Waals surface area contributed by atoms with Crippen LogP contribution in [0.15, 0.2) is 30.3 Å². The van der Waals surface area contributed by atoms with Crippen LogP contribution >= 0.6 is 0 Å². The molecule has 1 aromatic rings. The number of ketones is 1. The van der Waals surface area contributed by atoms with E-state index in [2.05, 4.69) is 0 Å². The SMILES string of the molecule is CC(C)(C)OC(=O)C(C#N)CCC(=O)c1ccccc1. The number of carbonyl (C=O) groups is 2. The molecule has 20 heavy (non-hydrogen) atoms. The fourth-order valence-electron chi connectivity index (χ4n) is 1.65. The Labute approximate surface area is 119 Å². The smallest absolute Gasteiger partial charge is 0.323 e. The standard InChI is InChI=1S/C16H19NO3/c1-16(2,3)20-15(19)13(11-17)9-10-14(18)12-7-5-4-6-8-12/h4-8,13H,9-10H2,1-3H3. The van der Waals surface area contributed by atoms with Crippen molar-refractivity contribution in [3.63, 3.8) is 0 Å². The van der Waals surface area contributed by atoms with E-state index in [4.69, 9.17) is 10.00 Å². The number of Topliss-reactive ketones (excluding diaryl/α,β-unsaturated/α-hetero) is 1. The minimum Gasteiger partial charge on any atom is -0.459 e. The van der Waals surface area contributed by atoms with Gasteiger partial charge in [-0.15, -0.1) is 0 Å². The lowest BCUT2D eigenvalue weighted by Crippen LogP contribution is -2.28. The number of hydrogen-bond acceptors (Lipinski definition) is 4. The van der Waals surface area contributed by atoms with Crippen molar-refractivity contribution in [1.82, 2.24) is 0 Å². The molecule has 0 aromatic heterocycles. The summed E-state index contributed by atoms with van der Waals surface area (Å²) in [5, 5.41) is 9.01. The van der Waals surface area contributed by atoms with Crippen LogP contribution in [0.4, 0.5) is 0 Å². The number of carbonyl (C=O) groups excluding carboxylic acids is 2. The average Bonchev–Trinajstić information content (AvgIpc) is 2.38. The van der Waals surface area contributed by atoms with E-state index in [-0.39, 0.29) is 18.6 Å². The third-order valence-corrected chi connectivity index (χ3v) is 2.60. The van der Waals surface area contributed by atoms with Crippen molar-refractivity contribution in [2.45, 2.75) is 39.2 Å². The van der Waals surface area contributed by atoms with Crippen LogP contribution in [0.25, 0.3) is 0 Å². The van der Waals surface area contributed by atoms with Gasteiger partial charge in [0.2, 0.25) is 0 Å². The maximum Gasteiger partial charge on any atom is 0.323 e. The summed E-state index contributed by atoms with van der Waals surface area (Å²) in [6, 6.07) is 10.7. The van der Waals surface area contributed by atoms with Crippen molar-refractivity contribution in [2.24, 2.45) is 5.92 Å². The lowest BCUT2D eigenvalue weighted by Gasteiger charge is -2.21. The molecular formula is C16H19NO3. The summed E-state index contributed by atoms with van der Waals surface area (Å²) in [7, 11) is 0. The lowest BCUT2D eigenvalue weighted by molar-refractivity contribution is -0.158. The third kappa shape index (κ3) is 5.23. The van der Waals surface area contributed by atoms with Crippen molar-refractivity contribution < 1.29 is 14.3 Å². The Morgan fingerprint density at radius 3 is 2.35 bits per heavy atom. The zero-order chi connectivity index (χ0) is 15.2. The first-order chi connectivity index (χ1) is 9.33. The Balaban J connectivity index is 2.56. The fraction of sp³-hybridized carbons (Fsp3) is 0.438. The molecule has 1 rings (SSSR count). The number of esters is 1. The second kappa shape index (κ2) is 6.85. The molecule has 0 spiro atoms. The van der Waals surface area contributed by atoms with Crippen LogP contribution in [0.5, 0.6) is 0 Å². The van der Waals surface area contributed by atoms with Crippen LogP contribution in [-0.2, 0) is 9.53 Å². The van der Waals surface area contributed by atoms with Gasteiger partial charge in [0.15, 0.2) is 5.78 Å². The highest BCUT2D eigenvalue weighted by Crippen LogP contribution is 2.16. The number of nitrogens with zero attached hydrogens (tertiary/aromatic N) is 1. The Kier molecular flexibility index (Phi) is 5.45. The Morgan fingerprint density at radius 2 is 1.85 bits per heavy atom. The van der Waals surface area contributed by atoms with Gasteiger partial charge in [0.05, 0.1) is 6.07 Å². The zero-order valence-corrected chi connectivity index (χ0v) is 12.1. The first kappa shape index (κ1) is 15.9. The van der Waals surface area contributed by atoms with Gasteiger partial charge >= 0.3 is 5.97 Å². The summed E-state index contributed by atoms with van der Waals surface area (Å²) in [5.74, 6) is -1.54. The monoisotopic (exact) mass is 273 g/mol. The highest BCUT2D eigenvalue weighted by Gasteiger charge is 2.25. The predicted octanol–water partition coefficient (Wildman–Crippen LogP) is 3.13. The largest absolute Gasteiger partial charge is 0.459 e. The average molecular weight is 273 g/mol. The quantitative estimate of drug-likeness (QED) is 0.610. The number of ether oxygens (including phenoxy) is 1. The van der Waals surface area contributed by atoms with Crippen molar-refractivity contribution >= 4 is 11.8 Å². The molecule has 1 unspecified atom stereocenters. The molecule has 0 saturated heterocycles. The zero-order valence-electron chi connectivity index (χ0n) is 12.1. The van der Waals surface area contributed by atoms with Gasteiger partial charge in [0.25, 0.3) is 0 Å². The number of rotatable bonds is 5. The normalized spacial score (nSPS) is 12.3. The van der Waals surface area contributed by atoms with E-state index in [1.165, 1.54) is 0 Å². The molecule has 1 atom stereocenters. The second-order valence-electron chi connectivity index (χ2n) is 5.54. The molecule has 0 aliphatic rings. The first-order valence-electron chi connectivity index (χ1n) is 6.54. The van der Waals surface area contributed by atoms with Crippen molar-refractivity contribution in [3.05, 3.63) is 35.9 Å². The maximum atomic E-state index is 11.9. The van der Waals surface area contributed by atoms with E-state index >= 15 is 0 Å². The molecule has 0 aliphatic carbocycles. The molecule has 0 bridgehead atoms.